The standard InChI is InChI=1S/C20H14F3N5/c21-20(22,23)14-7-4-12(5-8-14)16-10-18(26-11-25-16)27-17-9-6-13-2-1-3-15(24)19(13)28-17/h1-11H,24H2,(H,25,26,27,28). The van der Waals surface area contributed by atoms with Crippen molar-refractivity contribution >= 4 is 28.2 Å². The summed E-state index contributed by atoms with van der Waals surface area (Å²) in [4.78, 5) is 12.8. The summed E-state index contributed by atoms with van der Waals surface area (Å²) in [7, 11) is 0. The highest BCUT2D eigenvalue weighted by atomic mass is 19.4. The quantitative estimate of drug-likeness (QED) is 0.487. The topological polar surface area (TPSA) is 76.7 Å². The SMILES string of the molecule is Nc1cccc2ccc(Nc3cc(-c4ccc(C(F)(F)F)cc4)ncn3)nc12. The van der Waals surface area contributed by atoms with Gasteiger partial charge in [0.25, 0.3) is 0 Å². The number of fused-ring (bicyclic) bond motifs is 1. The Morgan fingerprint density at radius 1 is 0.857 bits per heavy atom. The first-order valence-corrected chi connectivity index (χ1v) is 8.32. The number of aromatic nitrogens is 3. The van der Waals surface area contributed by atoms with Crippen LogP contribution in [-0.4, -0.2) is 15.0 Å². The molecule has 4 aromatic rings. The molecule has 140 valence electrons. The number of anilines is 3. The zero-order chi connectivity index (χ0) is 19.7. The third kappa shape index (κ3) is 3.57. The lowest BCUT2D eigenvalue weighted by Gasteiger charge is -2.09. The number of pyridine rings is 1. The van der Waals surface area contributed by atoms with E-state index >= 15 is 0 Å². The Kier molecular flexibility index (Phi) is 4.31. The molecular weight excluding hydrogens is 367 g/mol. The van der Waals surface area contributed by atoms with Crippen LogP contribution in [0.1, 0.15) is 5.56 Å². The van der Waals surface area contributed by atoms with Gasteiger partial charge in [-0.3, -0.25) is 0 Å². The van der Waals surface area contributed by atoms with Crippen LogP contribution in [0.2, 0.25) is 0 Å². The Morgan fingerprint density at radius 2 is 1.64 bits per heavy atom. The number of nitrogens with zero attached hydrogens (tertiary/aromatic N) is 3. The number of nitrogen functional groups attached to an aromatic ring is 1. The van der Waals surface area contributed by atoms with E-state index in [0.29, 0.717) is 34.1 Å². The van der Waals surface area contributed by atoms with Gasteiger partial charge in [0.15, 0.2) is 0 Å². The number of alkyl halides is 3. The lowest BCUT2D eigenvalue weighted by Crippen LogP contribution is -2.04. The van der Waals surface area contributed by atoms with E-state index in [9.17, 15) is 13.2 Å². The zero-order valence-electron chi connectivity index (χ0n) is 14.4. The maximum absolute atomic E-state index is 12.7. The summed E-state index contributed by atoms with van der Waals surface area (Å²) in [5.41, 5.74) is 7.54. The molecule has 0 saturated carbocycles. The molecule has 0 aliphatic rings. The Bertz CT molecular complexity index is 1140. The molecule has 8 heteroatoms. The number of hydrogen-bond acceptors (Lipinski definition) is 5. The molecule has 2 aromatic carbocycles. The summed E-state index contributed by atoms with van der Waals surface area (Å²) in [5.74, 6) is 1.01. The third-order valence-electron chi connectivity index (χ3n) is 4.18. The van der Waals surface area contributed by atoms with E-state index in [-0.39, 0.29) is 0 Å². The van der Waals surface area contributed by atoms with Crippen molar-refractivity contribution in [2.75, 3.05) is 11.1 Å². The molecule has 0 amide bonds. The number of nitrogens with one attached hydrogen (secondary N) is 1. The van der Waals surface area contributed by atoms with Gasteiger partial charge in [0.05, 0.1) is 22.5 Å². The van der Waals surface area contributed by atoms with Gasteiger partial charge in [-0.2, -0.15) is 13.2 Å². The average Bonchev–Trinajstić information content (AvgIpc) is 2.68. The van der Waals surface area contributed by atoms with Gasteiger partial charge in [0.1, 0.15) is 18.0 Å². The fourth-order valence-corrected chi connectivity index (χ4v) is 2.78. The molecule has 2 aromatic heterocycles. The van der Waals surface area contributed by atoms with Gasteiger partial charge in [-0.25, -0.2) is 15.0 Å². The molecule has 2 heterocycles. The van der Waals surface area contributed by atoms with E-state index < -0.39 is 11.7 Å². The van der Waals surface area contributed by atoms with E-state index in [2.05, 4.69) is 20.3 Å². The third-order valence-corrected chi connectivity index (χ3v) is 4.18. The fourth-order valence-electron chi connectivity index (χ4n) is 2.78. The molecule has 28 heavy (non-hydrogen) atoms. The second-order valence-electron chi connectivity index (χ2n) is 6.10. The minimum atomic E-state index is -4.37. The van der Waals surface area contributed by atoms with Crippen LogP contribution in [0.5, 0.6) is 0 Å². The maximum Gasteiger partial charge on any atom is 0.416 e. The summed E-state index contributed by atoms with van der Waals surface area (Å²) >= 11 is 0. The van der Waals surface area contributed by atoms with Crippen LogP contribution in [0.3, 0.4) is 0 Å². The van der Waals surface area contributed by atoms with Gasteiger partial charge in [-0.05, 0) is 30.3 Å². The van der Waals surface area contributed by atoms with E-state index in [4.69, 9.17) is 5.73 Å². The first-order chi connectivity index (χ1) is 13.4. The van der Waals surface area contributed by atoms with Gasteiger partial charge >= 0.3 is 6.18 Å². The van der Waals surface area contributed by atoms with Crippen molar-refractivity contribution < 1.29 is 13.2 Å². The Hall–Kier alpha value is -3.68. The molecule has 0 saturated heterocycles. The first kappa shape index (κ1) is 17.7. The molecule has 0 spiro atoms. The van der Waals surface area contributed by atoms with E-state index in [1.165, 1.54) is 18.5 Å². The molecule has 0 aliphatic heterocycles. The second-order valence-corrected chi connectivity index (χ2v) is 6.10. The van der Waals surface area contributed by atoms with Gasteiger partial charge < -0.3 is 11.1 Å². The Morgan fingerprint density at radius 3 is 2.39 bits per heavy atom. The molecule has 0 radical (unpaired) electrons. The number of hydrogen-bond donors (Lipinski definition) is 2. The first-order valence-electron chi connectivity index (χ1n) is 8.32. The normalized spacial score (nSPS) is 11.5. The molecule has 0 atom stereocenters. The van der Waals surface area contributed by atoms with Crippen LogP contribution in [-0.2, 0) is 6.18 Å². The van der Waals surface area contributed by atoms with E-state index in [0.717, 1.165) is 17.5 Å². The van der Waals surface area contributed by atoms with Crippen LogP contribution in [0, 0.1) is 0 Å². The second kappa shape index (κ2) is 6.80. The van der Waals surface area contributed by atoms with Crippen LogP contribution >= 0.6 is 0 Å². The van der Waals surface area contributed by atoms with Crippen LogP contribution in [0.25, 0.3) is 22.2 Å². The summed E-state index contributed by atoms with van der Waals surface area (Å²) < 4.78 is 38.1. The van der Waals surface area contributed by atoms with Gasteiger partial charge in [0, 0.05) is 17.0 Å². The van der Waals surface area contributed by atoms with Gasteiger partial charge in [-0.1, -0.05) is 24.3 Å². The van der Waals surface area contributed by atoms with E-state index in [1.54, 1.807) is 18.2 Å². The van der Waals surface area contributed by atoms with Gasteiger partial charge in [0.2, 0.25) is 0 Å². The largest absolute Gasteiger partial charge is 0.416 e. The maximum atomic E-state index is 12.7. The predicted molar refractivity (Wildman–Crippen MR) is 102 cm³/mol. The minimum Gasteiger partial charge on any atom is -0.397 e. The monoisotopic (exact) mass is 381 g/mol. The van der Waals surface area contributed by atoms with Crippen molar-refractivity contribution in [3.05, 3.63) is 72.6 Å². The molecule has 5 nitrogen and oxygen atoms in total. The Balaban J connectivity index is 1.61. The van der Waals surface area contributed by atoms with Gasteiger partial charge in [-0.15, -0.1) is 0 Å². The summed E-state index contributed by atoms with van der Waals surface area (Å²) in [6.07, 6.45) is -3.04. The number of benzene rings is 2. The minimum absolute atomic E-state index is 0.464. The van der Waals surface area contributed by atoms with Crippen LogP contribution in [0.15, 0.2) is 67.0 Å². The fraction of sp³-hybridized carbons (Fsp3) is 0.0500. The Labute approximate surface area is 158 Å². The molecule has 4 rings (SSSR count). The van der Waals surface area contributed by atoms with Crippen molar-refractivity contribution in [1.82, 2.24) is 15.0 Å². The number of halogens is 3. The van der Waals surface area contributed by atoms with Crippen molar-refractivity contribution in [2.24, 2.45) is 0 Å². The summed E-state index contributed by atoms with van der Waals surface area (Å²) in [6.45, 7) is 0. The lowest BCUT2D eigenvalue weighted by molar-refractivity contribution is -0.137. The van der Waals surface area contributed by atoms with Crippen LogP contribution in [0.4, 0.5) is 30.5 Å². The summed E-state index contributed by atoms with van der Waals surface area (Å²) in [6, 6.07) is 15.7. The number of rotatable bonds is 3. The van der Waals surface area contributed by atoms with Crippen molar-refractivity contribution in [3.8, 4) is 11.3 Å². The van der Waals surface area contributed by atoms with E-state index in [1.807, 2.05) is 18.2 Å². The highest BCUT2D eigenvalue weighted by molar-refractivity contribution is 5.90. The molecule has 0 aliphatic carbocycles. The highest BCUT2D eigenvalue weighted by Crippen LogP contribution is 2.31. The zero-order valence-corrected chi connectivity index (χ0v) is 14.4. The number of para-hydroxylation sites is 1. The predicted octanol–water partition coefficient (Wildman–Crippen LogP) is 5.04. The molecular formula is C20H14F3N5. The lowest BCUT2D eigenvalue weighted by atomic mass is 10.1. The molecule has 3 N–H and O–H groups in total. The smallest absolute Gasteiger partial charge is 0.397 e. The summed E-state index contributed by atoms with van der Waals surface area (Å²) in [5, 5.41) is 3.99. The average molecular weight is 381 g/mol. The molecule has 0 bridgehead atoms. The van der Waals surface area contributed by atoms with Crippen molar-refractivity contribution in [3.63, 3.8) is 0 Å². The van der Waals surface area contributed by atoms with Crippen molar-refractivity contribution in [1.29, 1.82) is 0 Å². The highest BCUT2D eigenvalue weighted by Gasteiger charge is 2.30. The molecule has 0 unspecified atom stereocenters. The number of nitrogens with two attached hydrogens (primary N) is 1. The van der Waals surface area contributed by atoms with Crippen LogP contribution < -0.4 is 11.1 Å². The van der Waals surface area contributed by atoms with Crippen molar-refractivity contribution in [2.45, 2.75) is 6.18 Å². The molecule has 0 fully saturated rings.